The van der Waals surface area contributed by atoms with E-state index in [1.165, 1.54) is 6.42 Å². The second-order valence-corrected chi connectivity index (χ2v) is 4.72. The van der Waals surface area contributed by atoms with E-state index in [2.05, 4.69) is 19.2 Å². The molecule has 3 heteroatoms. The van der Waals surface area contributed by atoms with Crippen molar-refractivity contribution >= 4 is 6.29 Å². The molecule has 0 aliphatic heterocycles. The number of hydrogen-bond acceptors (Lipinski definition) is 3. The van der Waals surface area contributed by atoms with Crippen molar-refractivity contribution in [3.8, 4) is 0 Å². The molecule has 0 aromatic rings. The van der Waals surface area contributed by atoms with Gasteiger partial charge >= 0.3 is 0 Å². The van der Waals surface area contributed by atoms with Crippen LogP contribution in [0.25, 0.3) is 0 Å². The second-order valence-electron chi connectivity index (χ2n) is 4.72. The predicted octanol–water partition coefficient (Wildman–Crippen LogP) is 1.81. The van der Waals surface area contributed by atoms with Gasteiger partial charge in [0.25, 0.3) is 0 Å². The summed E-state index contributed by atoms with van der Waals surface area (Å²) in [6, 6.07) is -0.255. The van der Waals surface area contributed by atoms with Gasteiger partial charge < -0.3 is 15.8 Å². The van der Waals surface area contributed by atoms with E-state index >= 15 is 0 Å². The quantitative estimate of drug-likeness (QED) is 0.666. The zero-order valence-corrected chi connectivity index (χ0v) is 10.9. The fourth-order valence-electron chi connectivity index (χ4n) is 1.03. The first-order valence-corrected chi connectivity index (χ1v) is 5.79. The third kappa shape index (κ3) is 19.8. The maximum atomic E-state index is 9.92. The summed E-state index contributed by atoms with van der Waals surface area (Å²) in [4.78, 5) is 9.92. The van der Waals surface area contributed by atoms with Crippen LogP contribution >= 0.6 is 0 Å². The van der Waals surface area contributed by atoms with Crippen molar-refractivity contribution in [2.75, 3.05) is 13.6 Å². The Labute approximate surface area is 94.8 Å². The van der Waals surface area contributed by atoms with Gasteiger partial charge in [-0.3, -0.25) is 0 Å². The minimum atomic E-state index is -0.255. The summed E-state index contributed by atoms with van der Waals surface area (Å²) in [5.74, 6) is 1.36. The highest BCUT2D eigenvalue weighted by Crippen LogP contribution is 1.99. The van der Waals surface area contributed by atoms with E-state index in [-0.39, 0.29) is 6.04 Å². The third-order valence-corrected chi connectivity index (χ3v) is 1.89. The molecule has 1 unspecified atom stereocenters. The SMILES string of the molecule is CC(C)CC(N)C=O.CNCCC(C)C. The number of nitrogens with one attached hydrogen (secondary N) is 1. The van der Waals surface area contributed by atoms with Crippen molar-refractivity contribution in [3.05, 3.63) is 0 Å². The fraction of sp³-hybridized carbons (Fsp3) is 0.917. The summed E-state index contributed by atoms with van der Waals surface area (Å²) in [5.41, 5.74) is 5.31. The Balaban J connectivity index is 0. The summed E-state index contributed by atoms with van der Waals surface area (Å²) < 4.78 is 0. The molecule has 0 aromatic carbocycles. The molecule has 15 heavy (non-hydrogen) atoms. The van der Waals surface area contributed by atoms with Crippen molar-refractivity contribution in [1.29, 1.82) is 0 Å². The van der Waals surface area contributed by atoms with Crippen LogP contribution in [-0.2, 0) is 4.79 Å². The number of hydrogen-bond donors (Lipinski definition) is 2. The summed E-state index contributed by atoms with van der Waals surface area (Å²) in [6.07, 6.45) is 2.88. The first-order chi connectivity index (χ1) is 6.93. The summed E-state index contributed by atoms with van der Waals surface area (Å²) in [6.45, 7) is 9.71. The molecule has 0 heterocycles. The molecule has 0 rings (SSSR count). The molecule has 0 saturated carbocycles. The van der Waals surface area contributed by atoms with Crippen LogP contribution in [0, 0.1) is 11.8 Å². The van der Waals surface area contributed by atoms with Crippen LogP contribution in [0.5, 0.6) is 0 Å². The van der Waals surface area contributed by atoms with E-state index in [0.29, 0.717) is 5.92 Å². The molecule has 3 nitrogen and oxygen atoms in total. The van der Waals surface area contributed by atoms with Crippen molar-refractivity contribution in [2.45, 2.75) is 46.6 Å². The van der Waals surface area contributed by atoms with E-state index in [4.69, 9.17) is 5.73 Å². The van der Waals surface area contributed by atoms with Gasteiger partial charge in [0.15, 0.2) is 0 Å². The Kier molecular flexibility index (Phi) is 13.2. The van der Waals surface area contributed by atoms with Gasteiger partial charge in [0, 0.05) is 0 Å². The number of nitrogens with two attached hydrogens (primary N) is 1. The minimum absolute atomic E-state index is 0.255. The Bertz CT molecular complexity index is 136. The van der Waals surface area contributed by atoms with E-state index in [1.807, 2.05) is 20.9 Å². The Hall–Kier alpha value is -0.410. The van der Waals surface area contributed by atoms with Crippen LogP contribution in [0.4, 0.5) is 0 Å². The van der Waals surface area contributed by atoms with Crippen LogP contribution in [0.15, 0.2) is 0 Å². The lowest BCUT2D eigenvalue weighted by Gasteiger charge is -2.04. The zero-order chi connectivity index (χ0) is 12.3. The standard InChI is InChI=1S/C6H13NO.C6H15N/c1-5(2)3-6(7)4-8;1-6(2)4-5-7-3/h4-6H,3,7H2,1-2H3;6-7H,4-5H2,1-3H3. The molecule has 0 radical (unpaired) electrons. The van der Waals surface area contributed by atoms with Crippen molar-refractivity contribution in [2.24, 2.45) is 17.6 Å². The largest absolute Gasteiger partial charge is 0.322 e. The smallest absolute Gasteiger partial charge is 0.136 e. The number of carbonyl (C=O) groups excluding carboxylic acids is 1. The van der Waals surface area contributed by atoms with Gasteiger partial charge in [0.1, 0.15) is 6.29 Å². The van der Waals surface area contributed by atoms with Gasteiger partial charge in [-0.25, -0.2) is 0 Å². The van der Waals surface area contributed by atoms with Gasteiger partial charge in [-0.15, -0.1) is 0 Å². The molecule has 0 bridgehead atoms. The number of rotatable bonds is 6. The van der Waals surface area contributed by atoms with Gasteiger partial charge in [0.2, 0.25) is 0 Å². The van der Waals surface area contributed by atoms with Crippen LogP contribution in [-0.4, -0.2) is 25.9 Å². The van der Waals surface area contributed by atoms with Crippen molar-refractivity contribution in [3.63, 3.8) is 0 Å². The molecule has 0 fully saturated rings. The van der Waals surface area contributed by atoms with Crippen LogP contribution < -0.4 is 11.1 Å². The highest BCUT2D eigenvalue weighted by molar-refractivity contribution is 5.56. The Morgan fingerprint density at radius 2 is 1.73 bits per heavy atom. The molecule has 0 spiro atoms. The number of aldehydes is 1. The lowest BCUT2D eigenvalue weighted by Crippen LogP contribution is -2.23. The Morgan fingerprint density at radius 1 is 1.20 bits per heavy atom. The topological polar surface area (TPSA) is 55.1 Å². The lowest BCUT2D eigenvalue weighted by molar-refractivity contribution is -0.109. The van der Waals surface area contributed by atoms with Gasteiger partial charge in [-0.2, -0.15) is 0 Å². The molecule has 0 amide bonds. The van der Waals surface area contributed by atoms with Crippen LogP contribution in [0.1, 0.15) is 40.5 Å². The van der Waals surface area contributed by atoms with E-state index in [1.54, 1.807) is 0 Å². The van der Waals surface area contributed by atoms with E-state index in [0.717, 1.165) is 25.2 Å². The molecular formula is C12H28N2O. The van der Waals surface area contributed by atoms with E-state index in [9.17, 15) is 4.79 Å². The molecule has 0 aliphatic carbocycles. The normalized spacial score (nSPS) is 12.3. The van der Waals surface area contributed by atoms with E-state index < -0.39 is 0 Å². The molecule has 1 atom stereocenters. The van der Waals surface area contributed by atoms with Gasteiger partial charge in [0.05, 0.1) is 6.04 Å². The zero-order valence-electron chi connectivity index (χ0n) is 10.9. The first-order valence-electron chi connectivity index (χ1n) is 5.79. The predicted molar refractivity (Wildman–Crippen MR) is 66.9 cm³/mol. The third-order valence-electron chi connectivity index (χ3n) is 1.89. The first kappa shape index (κ1) is 17.0. The highest BCUT2D eigenvalue weighted by Gasteiger charge is 2.01. The summed E-state index contributed by atoms with van der Waals surface area (Å²) in [7, 11) is 1.99. The molecular weight excluding hydrogens is 188 g/mol. The average Bonchev–Trinajstić information content (AvgIpc) is 2.14. The summed E-state index contributed by atoms with van der Waals surface area (Å²) >= 11 is 0. The van der Waals surface area contributed by atoms with Gasteiger partial charge in [-0.05, 0) is 38.3 Å². The number of carbonyl (C=O) groups is 1. The van der Waals surface area contributed by atoms with Crippen LogP contribution in [0.2, 0.25) is 0 Å². The van der Waals surface area contributed by atoms with Gasteiger partial charge in [-0.1, -0.05) is 27.7 Å². The van der Waals surface area contributed by atoms with Crippen molar-refractivity contribution < 1.29 is 4.79 Å². The monoisotopic (exact) mass is 216 g/mol. The average molecular weight is 216 g/mol. The maximum Gasteiger partial charge on any atom is 0.136 e. The second kappa shape index (κ2) is 11.7. The summed E-state index contributed by atoms with van der Waals surface area (Å²) in [5, 5.41) is 3.10. The highest BCUT2D eigenvalue weighted by atomic mass is 16.1. The molecule has 3 N–H and O–H groups in total. The minimum Gasteiger partial charge on any atom is -0.322 e. The lowest BCUT2D eigenvalue weighted by atomic mass is 10.1. The van der Waals surface area contributed by atoms with Crippen molar-refractivity contribution in [1.82, 2.24) is 5.32 Å². The molecule has 0 aromatic heterocycles. The molecule has 92 valence electrons. The fourth-order valence-corrected chi connectivity index (χ4v) is 1.03. The maximum absolute atomic E-state index is 9.92. The Morgan fingerprint density at radius 3 is 1.87 bits per heavy atom. The van der Waals surface area contributed by atoms with Crippen LogP contribution in [0.3, 0.4) is 0 Å². The molecule has 0 aliphatic rings. The molecule has 0 saturated heterocycles.